The van der Waals surface area contributed by atoms with Crippen molar-refractivity contribution in [2.75, 3.05) is 20.3 Å². The first-order valence-electron chi connectivity index (χ1n) is 7.33. The predicted molar refractivity (Wildman–Crippen MR) is 79.6 cm³/mol. The molecule has 7 heteroatoms. The Kier molecular flexibility index (Phi) is 5.56. The van der Waals surface area contributed by atoms with Gasteiger partial charge in [-0.2, -0.15) is 0 Å². The lowest BCUT2D eigenvalue weighted by atomic mass is 9.99. The summed E-state index contributed by atoms with van der Waals surface area (Å²) in [6.45, 7) is 1.64. The third-order valence-electron chi connectivity index (χ3n) is 3.51. The van der Waals surface area contributed by atoms with Crippen LogP contribution < -0.4 is 10.1 Å². The van der Waals surface area contributed by atoms with Crippen LogP contribution in [0.25, 0.3) is 0 Å². The van der Waals surface area contributed by atoms with Gasteiger partial charge in [-0.05, 0) is 13.0 Å². The van der Waals surface area contributed by atoms with Crippen molar-refractivity contribution in [1.82, 2.24) is 5.32 Å². The molecular weight excluding hydrogens is 302 g/mol. The molecule has 1 fully saturated rings. The van der Waals surface area contributed by atoms with Crippen molar-refractivity contribution in [3.8, 4) is 5.75 Å². The number of esters is 2. The third kappa shape index (κ3) is 4.00. The zero-order valence-corrected chi connectivity index (χ0v) is 13.0. The monoisotopic (exact) mass is 321 g/mol. The predicted octanol–water partition coefficient (Wildman–Crippen LogP) is 0.979. The van der Waals surface area contributed by atoms with Crippen molar-refractivity contribution < 1.29 is 28.6 Å². The molecule has 0 saturated carbocycles. The van der Waals surface area contributed by atoms with Crippen LogP contribution in [0.4, 0.5) is 0 Å². The van der Waals surface area contributed by atoms with Crippen LogP contribution in [0.5, 0.6) is 5.75 Å². The number of ether oxygens (including phenoxy) is 3. The highest BCUT2D eigenvalue weighted by Crippen LogP contribution is 2.37. The van der Waals surface area contributed by atoms with E-state index in [0.29, 0.717) is 11.3 Å². The van der Waals surface area contributed by atoms with E-state index in [1.807, 2.05) is 6.07 Å². The van der Waals surface area contributed by atoms with Crippen LogP contribution in [0.15, 0.2) is 24.3 Å². The van der Waals surface area contributed by atoms with Crippen LogP contribution in [0.1, 0.15) is 25.0 Å². The summed E-state index contributed by atoms with van der Waals surface area (Å²) in [6.07, 6.45) is -0.342. The van der Waals surface area contributed by atoms with Crippen LogP contribution in [-0.2, 0) is 23.9 Å². The molecule has 7 nitrogen and oxygen atoms in total. The fourth-order valence-electron chi connectivity index (χ4n) is 2.41. The Hall–Kier alpha value is -2.57. The summed E-state index contributed by atoms with van der Waals surface area (Å²) >= 11 is 0. The molecule has 2 rings (SSSR count). The van der Waals surface area contributed by atoms with Crippen molar-refractivity contribution in [2.24, 2.45) is 5.92 Å². The Morgan fingerprint density at radius 1 is 1.35 bits per heavy atom. The molecule has 2 atom stereocenters. The zero-order chi connectivity index (χ0) is 16.8. The second kappa shape index (κ2) is 7.62. The van der Waals surface area contributed by atoms with E-state index in [1.54, 1.807) is 25.1 Å². The topological polar surface area (TPSA) is 90.9 Å². The summed E-state index contributed by atoms with van der Waals surface area (Å²) in [5, 5.41) is 2.39. The molecule has 1 amide bonds. The van der Waals surface area contributed by atoms with Gasteiger partial charge in [0.1, 0.15) is 24.3 Å². The van der Waals surface area contributed by atoms with Crippen molar-refractivity contribution in [1.29, 1.82) is 0 Å². The van der Waals surface area contributed by atoms with Crippen LogP contribution in [0.3, 0.4) is 0 Å². The van der Waals surface area contributed by atoms with E-state index >= 15 is 0 Å². The summed E-state index contributed by atoms with van der Waals surface area (Å²) in [6, 6.07) is 7.16. The molecule has 1 saturated heterocycles. The van der Waals surface area contributed by atoms with Crippen molar-refractivity contribution in [3.63, 3.8) is 0 Å². The number of carbonyl (C=O) groups is 3. The number of cyclic esters (lactones) is 1. The fourth-order valence-corrected chi connectivity index (χ4v) is 2.41. The highest BCUT2D eigenvalue weighted by Gasteiger charge is 2.41. The van der Waals surface area contributed by atoms with Gasteiger partial charge in [-0.25, -0.2) is 0 Å². The molecule has 1 aliphatic heterocycles. The normalized spacial score (nSPS) is 19.8. The first-order chi connectivity index (χ1) is 11.1. The van der Waals surface area contributed by atoms with Gasteiger partial charge in [-0.15, -0.1) is 0 Å². The van der Waals surface area contributed by atoms with E-state index in [9.17, 15) is 14.4 Å². The average Bonchev–Trinajstić information content (AvgIpc) is 2.94. The number of nitrogens with one attached hydrogen (secondary N) is 1. The molecule has 0 radical (unpaired) electrons. The standard InChI is InChI=1S/C16H19NO6/c1-3-22-14(18)9-17-15(19)11-8-13(23-16(11)20)10-6-4-5-7-12(10)21-2/h4-7,11,13H,3,8-9H2,1-2H3,(H,17,19)/t11-,13?/m1/s1. The van der Waals surface area contributed by atoms with Gasteiger partial charge in [0.2, 0.25) is 5.91 Å². The second-order valence-electron chi connectivity index (χ2n) is 4.98. The Morgan fingerprint density at radius 2 is 2.09 bits per heavy atom. The summed E-state index contributed by atoms with van der Waals surface area (Å²) in [7, 11) is 1.53. The maximum atomic E-state index is 12.0. The van der Waals surface area contributed by atoms with E-state index < -0.39 is 29.9 Å². The lowest BCUT2D eigenvalue weighted by molar-refractivity contribution is -0.149. The van der Waals surface area contributed by atoms with Gasteiger partial charge in [0.15, 0.2) is 0 Å². The quantitative estimate of drug-likeness (QED) is 0.620. The maximum absolute atomic E-state index is 12.0. The van der Waals surface area contributed by atoms with E-state index in [4.69, 9.17) is 14.2 Å². The number of rotatable bonds is 6. The minimum absolute atomic E-state index is 0.202. The van der Waals surface area contributed by atoms with Crippen molar-refractivity contribution >= 4 is 17.8 Å². The van der Waals surface area contributed by atoms with Crippen LogP contribution in [-0.4, -0.2) is 38.1 Å². The Balaban J connectivity index is 1.99. The molecule has 1 aromatic rings. The van der Waals surface area contributed by atoms with Crippen LogP contribution in [0, 0.1) is 5.92 Å². The maximum Gasteiger partial charge on any atom is 0.325 e. The van der Waals surface area contributed by atoms with Gasteiger partial charge >= 0.3 is 11.9 Å². The third-order valence-corrected chi connectivity index (χ3v) is 3.51. The molecule has 1 N–H and O–H groups in total. The Bertz CT molecular complexity index is 600. The highest BCUT2D eigenvalue weighted by atomic mass is 16.6. The molecule has 0 aromatic heterocycles. The SMILES string of the molecule is CCOC(=O)CNC(=O)[C@H]1CC(c2ccccc2OC)OC1=O. The number of para-hydroxylation sites is 1. The summed E-state index contributed by atoms with van der Waals surface area (Å²) in [5.41, 5.74) is 0.712. The fraction of sp³-hybridized carbons (Fsp3) is 0.438. The van der Waals surface area contributed by atoms with E-state index in [-0.39, 0.29) is 19.6 Å². The number of hydrogen-bond donors (Lipinski definition) is 1. The van der Waals surface area contributed by atoms with Crippen molar-refractivity contribution in [3.05, 3.63) is 29.8 Å². The van der Waals surface area contributed by atoms with Gasteiger partial charge in [-0.1, -0.05) is 18.2 Å². The molecule has 1 unspecified atom stereocenters. The van der Waals surface area contributed by atoms with E-state index in [1.165, 1.54) is 7.11 Å². The minimum Gasteiger partial charge on any atom is -0.496 e. The van der Waals surface area contributed by atoms with Crippen LogP contribution >= 0.6 is 0 Å². The molecule has 0 spiro atoms. The second-order valence-corrected chi connectivity index (χ2v) is 4.98. The van der Waals surface area contributed by atoms with Gasteiger partial charge in [0, 0.05) is 12.0 Å². The smallest absolute Gasteiger partial charge is 0.325 e. The van der Waals surface area contributed by atoms with Crippen molar-refractivity contribution in [2.45, 2.75) is 19.4 Å². The Morgan fingerprint density at radius 3 is 2.78 bits per heavy atom. The summed E-state index contributed by atoms with van der Waals surface area (Å²) < 4.78 is 15.2. The number of benzene rings is 1. The van der Waals surface area contributed by atoms with Gasteiger partial charge in [0.05, 0.1) is 13.7 Å². The van der Waals surface area contributed by atoms with E-state index in [0.717, 1.165) is 0 Å². The van der Waals surface area contributed by atoms with Gasteiger partial charge in [0.25, 0.3) is 0 Å². The largest absolute Gasteiger partial charge is 0.496 e. The number of amides is 1. The van der Waals surface area contributed by atoms with E-state index in [2.05, 4.69) is 5.32 Å². The molecule has 124 valence electrons. The lowest BCUT2D eigenvalue weighted by Gasteiger charge is -2.13. The van der Waals surface area contributed by atoms with Gasteiger partial charge in [-0.3, -0.25) is 14.4 Å². The number of hydrogen-bond acceptors (Lipinski definition) is 6. The zero-order valence-electron chi connectivity index (χ0n) is 13.0. The molecule has 0 aliphatic carbocycles. The first-order valence-corrected chi connectivity index (χ1v) is 7.33. The van der Waals surface area contributed by atoms with Crippen LogP contribution in [0.2, 0.25) is 0 Å². The molecule has 1 aliphatic rings. The molecular formula is C16H19NO6. The summed E-state index contributed by atoms with van der Waals surface area (Å²) in [5.74, 6) is -2.05. The summed E-state index contributed by atoms with van der Waals surface area (Å²) in [4.78, 5) is 35.2. The lowest BCUT2D eigenvalue weighted by Crippen LogP contribution is -2.37. The molecule has 0 bridgehead atoms. The molecule has 23 heavy (non-hydrogen) atoms. The Labute approximate surface area is 133 Å². The molecule has 1 aromatic carbocycles. The molecule has 1 heterocycles. The minimum atomic E-state index is -0.945. The highest BCUT2D eigenvalue weighted by molar-refractivity contribution is 6.00. The first kappa shape index (κ1) is 16.8. The number of methoxy groups -OCH3 is 1. The number of carbonyl (C=O) groups excluding carboxylic acids is 3. The average molecular weight is 321 g/mol. The van der Waals surface area contributed by atoms with Gasteiger partial charge < -0.3 is 19.5 Å².